The van der Waals surface area contributed by atoms with Crippen LogP contribution in [-0.2, 0) is 14.8 Å². The first kappa shape index (κ1) is 19.0. The Morgan fingerprint density at radius 2 is 1.78 bits per heavy atom. The van der Waals surface area contributed by atoms with Crippen LogP contribution < -0.4 is 10.0 Å². The molecule has 8 heteroatoms. The van der Waals surface area contributed by atoms with Crippen molar-refractivity contribution in [2.24, 2.45) is 10.9 Å². The number of pyridine rings is 1. The molecule has 27 heavy (non-hydrogen) atoms. The van der Waals surface area contributed by atoms with Crippen LogP contribution in [-0.4, -0.2) is 31.2 Å². The molecule has 1 aromatic heterocycles. The SMILES string of the molecule is CC(NC(=O)[C@@H](N=C1NS(=O)(=O)c2ccccc21)C(C)C)c1ccncc1. The van der Waals surface area contributed by atoms with Crippen molar-refractivity contribution in [2.75, 3.05) is 0 Å². The highest BCUT2D eigenvalue weighted by molar-refractivity contribution is 7.90. The van der Waals surface area contributed by atoms with Crippen molar-refractivity contribution in [3.05, 3.63) is 59.9 Å². The highest BCUT2D eigenvalue weighted by Crippen LogP contribution is 2.23. The Kier molecular flexibility index (Phi) is 5.27. The minimum Gasteiger partial charge on any atom is -0.348 e. The summed E-state index contributed by atoms with van der Waals surface area (Å²) in [6, 6.07) is 9.34. The number of aliphatic imine (C=N–C) groups is 1. The molecule has 0 radical (unpaired) electrons. The zero-order valence-electron chi connectivity index (χ0n) is 15.4. The van der Waals surface area contributed by atoms with E-state index in [-0.39, 0.29) is 28.6 Å². The van der Waals surface area contributed by atoms with E-state index in [0.717, 1.165) is 5.56 Å². The van der Waals surface area contributed by atoms with Crippen molar-refractivity contribution in [2.45, 2.75) is 37.8 Å². The smallest absolute Gasteiger partial charge is 0.263 e. The fourth-order valence-corrected chi connectivity index (χ4v) is 4.15. The van der Waals surface area contributed by atoms with Gasteiger partial charge in [0.1, 0.15) is 11.9 Å². The summed E-state index contributed by atoms with van der Waals surface area (Å²) in [7, 11) is -3.64. The van der Waals surface area contributed by atoms with Crippen LogP contribution in [0.2, 0.25) is 0 Å². The van der Waals surface area contributed by atoms with Crippen molar-refractivity contribution in [3.8, 4) is 0 Å². The van der Waals surface area contributed by atoms with Gasteiger partial charge in [0, 0.05) is 18.0 Å². The number of hydrogen-bond donors (Lipinski definition) is 2. The first-order chi connectivity index (χ1) is 12.8. The number of fused-ring (bicyclic) bond motifs is 1. The van der Waals surface area contributed by atoms with Gasteiger partial charge in [-0.05, 0) is 42.7 Å². The number of nitrogens with zero attached hydrogens (tertiary/aromatic N) is 2. The van der Waals surface area contributed by atoms with E-state index < -0.39 is 16.1 Å². The molecule has 0 spiro atoms. The summed E-state index contributed by atoms with van der Waals surface area (Å²) in [6.07, 6.45) is 3.34. The number of nitrogens with one attached hydrogen (secondary N) is 2. The van der Waals surface area contributed by atoms with Crippen LogP contribution in [0.3, 0.4) is 0 Å². The monoisotopic (exact) mass is 386 g/mol. The molecule has 3 rings (SSSR count). The van der Waals surface area contributed by atoms with Crippen LogP contribution in [0, 0.1) is 5.92 Å². The van der Waals surface area contributed by atoms with E-state index in [4.69, 9.17) is 0 Å². The number of carbonyl (C=O) groups excluding carboxylic acids is 1. The summed E-state index contributed by atoms with van der Waals surface area (Å²) < 4.78 is 27.0. The van der Waals surface area contributed by atoms with Crippen molar-refractivity contribution in [1.29, 1.82) is 0 Å². The van der Waals surface area contributed by atoms with Gasteiger partial charge in [-0.25, -0.2) is 8.42 Å². The second-order valence-electron chi connectivity index (χ2n) is 6.78. The molecule has 1 aliphatic rings. The van der Waals surface area contributed by atoms with Crippen LogP contribution in [0.15, 0.2) is 58.7 Å². The fraction of sp³-hybridized carbons (Fsp3) is 0.316. The molecule has 1 aromatic carbocycles. The zero-order chi connectivity index (χ0) is 19.6. The van der Waals surface area contributed by atoms with Gasteiger partial charge in [0.15, 0.2) is 0 Å². The van der Waals surface area contributed by atoms with E-state index in [0.29, 0.717) is 5.56 Å². The summed E-state index contributed by atoms with van der Waals surface area (Å²) in [6.45, 7) is 5.63. The lowest BCUT2D eigenvalue weighted by Crippen LogP contribution is -2.39. The van der Waals surface area contributed by atoms with E-state index in [1.54, 1.807) is 30.6 Å². The standard InChI is InChI=1S/C19H22N4O3S/c1-12(2)17(19(24)21-13(3)14-8-10-20-11-9-14)22-18-15-6-4-5-7-16(15)27(25,26)23-18/h4-13,17H,1-3H3,(H,21,24)(H,22,23)/t13?,17-/m0/s1. The van der Waals surface area contributed by atoms with Gasteiger partial charge in [-0.3, -0.25) is 19.5 Å². The molecule has 1 unspecified atom stereocenters. The van der Waals surface area contributed by atoms with Crippen molar-refractivity contribution >= 4 is 21.8 Å². The van der Waals surface area contributed by atoms with Crippen LogP contribution in [0.25, 0.3) is 0 Å². The first-order valence-electron chi connectivity index (χ1n) is 8.70. The number of aromatic nitrogens is 1. The lowest BCUT2D eigenvalue weighted by atomic mass is 10.0. The number of amidine groups is 1. The van der Waals surface area contributed by atoms with Crippen molar-refractivity contribution in [1.82, 2.24) is 15.0 Å². The van der Waals surface area contributed by atoms with Gasteiger partial charge in [-0.15, -0.1) is 0 Å². The van der Waals surface area contributed by atoms with Crippen LogP contribution in [0.4, 0.5) is 0 Å². The number of carbonyl (C=O) groups is 1. The number of rotatable bonds is 5. The highest BCUT2D eigenvalue weighted by Gasteiger charge is 2.32. The van der Waals surface area contributed by atoms with E-state index in [9.17, 15) is 13.2 Å². The predicted octanol–water partition coefficient (Wildman–Crippen LogP) is 2.02. The molecule has 1 amide bonds. The Balaban J connectivity index is 1.87. The minimum absolute atomic E-state index is 0.112. The maximum Gasteiger partial charge on any atom is 0.263 e. The van der Waals surface area contributed by atoms with Gasteiger partial charge in [-0.1, -0.05) is 26.0 Å². The molecule has 7 nitrogen and oxygen atoms in total. The van der Waals surface area contributed by atoms with Crippen molar-refractivity contribution < 1.29 is 13.2 Å². The normalized spacial score (nSPS) is 18.6. The molecule has 0 saturated carbocycles. The van der Waals surface area contributed by atoms with Crippen LogP contribution >= 0.6 is 0 Å². The third-order valence-electron chi connectivity index (χ3n) is 4.40. The summed E-state index contributed by atoms with van der Waals surface area (Å²) >= 11 is 0. The molecular weight excluding hydrogens is 364 g/mol. The third kappa shape index (κ3) is 4.00. The number of amides is 1. The minimum atomic E-state index is -3.64. The Bertz CT molecular complexity index is 971. The van der Waals surface area contributed by atoms with Gasteiger partial charge in [0.25, 0.3) is 10.0 Å². The molecule has 2 N–H and O–H groups in total. The summed E-state index contributed by atoms with van der Waals surface area (Å²) in [4.78, 5) is 21.4. The predicted molar refractivity (Wildman–Crippen MR) is 103 cm³/mol. The maximum absolute atomic E-state index is 12.8. The maximum atomic E-state index is 12.8. The van der Waals surface area contributed by atoms with E-state index >= 15 is 0 Å². The fourth-order valence-electron chi connectivity index (χ4n) is 2.91. The molecule has 0 aliphatic carbocycles. The van der Waals surface area contributed by atoms with Gasteiger partial charge in [0.05, 0.1) is 10.9 Å². The van der Waals surface area contributed by atoms with Crippen LogP contribution in [0.5, 0.6) is 0 Å². The molecule has 0 saturated heterocycles. The molecule has 2 heterocycles. The third-order valence-corrected chi connectivity index (χ3v) is 5.79. The lowest BCUT2D eigenvalue weighted by molar-refractivity contribution is -0.123. The van der Waals surface area contributed by atoms with Crippen LogP contribution in [0.1, 0.15) is 37.9 Å². The van der Waals surface area contributed by atoms with Gasteiger partial charge >= 0.3 is 0 Å². The second-order valence-corrected chi connectivity index (χ2v) is 8.43. The Morgan fingerprint density at radius 1 is 1.11 bits per heavy atom. The summed E-state index contributed by atoms with van der Waals surface area (Å²) in [5, 5.41) is 2.95. The van der Waals surface area contributed by atoms with E-state index in [2.05, 4.69) is 20.0 Å². The molecule has 142 valence electrons. The first-order valence-corrected chi connectivity index (χ1v) is 10.2. The Morgan fingerprint density at radius 3 is 2.44 bits per heavy atom. The topological polar surface area (TPSA) is 101 Å². The highest BCUT2D eigenvalue weighted by atomic mass is 32.2. The average molecular weight is 386 g/mol. The average Bonchev–Trinajstić information content (AvgIpc) is 2.90. The molecule has 0 fully saturated rings. The van der Waals surface area contributed by atoms with Gasteiger partial charge in [-0.2, -0.15) is 0 Å². The summed E-state index contributed by atoms with van der Waals surface area (Å²) in [5.74, 6) is -0.166. The Hall–Kier alpha value is -2.74. The van der Waals surface area contributed by atoms with Gasteiger partial charge < -0.3 is 5.32 Å². The summed E-state index contributed by atoms with van der Waals surface area (Å²) in [5.41, 5.74) is 1.42. The number of benzene rings is 1. The number of hydrogen-bond acceptors (Lipinski definition) is 5. The molecule has 2 atom stereocenters. The number of sulfonamides is 1. The lowest BCUT2D eigenvalue weighted by Gasteiger charge is -2.21. The zero-order valence-corrected chi connectivity index (χ0v) is 16.2. The van der Waals surface area contributed by atoms with Crippen molar-refractivity contribution in [3.63, 3.8) is 0 Å². The Labute approximate surface area is 159 Å². The second kappa shape index (κ2) is 7.48. The quantitative estimate of drug-likeness (QED) is 0.821. The molecule has 1 aliphatic heterocycles. The van der Waals surface area contributed by atoms with E-state index in [1.165, 1.54) is 6.07 Å². The van der Waals surface area contributed by atoms with E-state index in [1.807, 2.05) is 32.9 Å². The molecule has 0 bridgehead atoms. The molecule has 2 aromatic rings. The molecular formula is C19H22N4O3S. The van der Waals surface area contributed by atoms with Gasteiger partial charge in [0.2, 0.25) is 5.91 Å². The largest absolute Gasteiger partial charge is 0.348 e.